The average Bonchev–Trinajstić information content (AvgIpc) is 1.99. The summed E-state index contributed by atoms with van der Waals surface area (Å²) in [4.78, 5) is 22.5. The van der Waals surface area contributed by atoms with Crippen molar-refractivity contribution >= 4 is 11.7 Å². The van der Waals surface area contributed by atoms with Gasteiger partial charge in [-0.25, -0.2) is 0 Å². The molecule has 0 aliphatic carbocycles. The zero-order chi connectivity index (χ0) is 12.4. The summed E-state index contributed by atoms with van der Waals surface area (Å²) in [6.07, 6.45) is -0.925. The maximum Gasteiger partial charge on any atom is 0.217 e. The first-order valence-corrected chi connectivity index (χ1v) is 4.99. The summed E-state index contributed by atoms with van der Waals surface area (Å²) < 4.78 is 0. The van der Waals surface area contributed by atoms with Gasteiger partial charge < -0.3 is 10.4 Å². The van der Waals surface area contributed by atoms with Crippen molar-refractivity contribution in [1.82, 2.24) is 5.32 Å². The molecule has 0 aliphatic rings. The molecule has 0 spiro atoms. The smallest absolute Gasteiger partial charge is 0.217 e. The number of carbonyl (C=O) groups excluding carboxylic acids is 2. The maximum absolute atomic E-state index is 11.5. The first-order chi connectivity index (χ1) is 6.51. The molecule has 1 amide bonds. The third-order valence-electron chi connectivity index (χ3n) is 2.53. The lowest BCUT2D eigenvalue weighted by Crippen LogP contribution is -2.62. The second-order valence-electron chi connectivity index (χ2n) is 5.21. The zero-order valence-corrected chi connectivity index (χ0v) is 10.3. The number of hydrogen-bond acceptors (Lipinski definition) is 3. The van der Waals surface area contributed by atoms with Crippen LogP contribution in [0.15, 0.2) is 0 Å². The van der Waals surface area contributed by atoms with Crippen LogP contribution < -0.4 is 5.32 Å². The van der Waals surface area contributed by atoms with Crippen molar-refractivity contribution in [3.8, 4) is 0 Å². The highest BCUT2D eigenvalue weighted by atomic mass is 16.3. The first kappa shape index (κ1) is 14.1. The van der Waals surface area contributed by atoms with Crippen LogP contribution in [0.2, 0.25) is 0 Å². The Labute approximate surface area is 91.1 Å². The van der Waals surface area contributed by atoms with Crippen molar-refractivity contribution in [2.24, 2.45) is 5.41 Å². The Balaban J connectivity index is 5.12. The summed E-state index contributed by atoms with van der Waals surface area (Å²) in [6, 6.07) is 0. The second kappa shape index (κ2) is 4.31. The molecule has 0 saturated carbocycles. The maximum atomic E-state index is 11.5. The van der Waals surface area contributed by atoms with Gasteiger partial charge in [0.1, 0.15) is 5.54 Å². The van der Waals surface area contributed by atoms with Gasteiger partial charge in [-0.15, -0.1) is 0 Å². The fraction of sp³-hybridized carbons (Fsp3) is 0.818. The monoisotopic (exact) mass is 215 g/mol. The standard InChI is InChI=1S/C11H21NO3/c1-7(13)11(6,12-8(2)14)9(15)10(3,4)5/h9,15H,1-6H3,(H,12,14)/t9-,11+/m1/s1. The molecule has 4 heteroatoms. The largest absolute Gasteiger partial charge is 0.390 e. The zero-order valence-electron chi connectivity index (χ0n) is 10.3. The summed E-state index contributed by atoms with van der Waals surface area (Å²) in [7, 11) is 0. The number of ketones is 1. The lowest BCUT2D eigenvalue weighted by atomic mass is 9.75. The van der Waals surface area contributed by atoms with Crippen LogP contribution in [0.5, 0.6) is 0 Å². The molecule has 0 aromatic heterocycles. The van der Waals surface area contributed by atoms with E-state index in [4.69, 9.17) is 0 Å². The van der Waals surface area contributed by atoms with Crippen molar-refractivity contribution in [2.75, 3.05) is 0 Å². The highest BCUT2D eigenvalue weighted by molar-refractivity contribution is 5.91. The molecular weight excluding hydrogens is 194 g/mol. The van der Waals surface area contributed by atoms with Crippen LogP contribution >= 0.6 is 0 Å². The number of amides is 1. The van der Waals surface area contributed by atoms with E-state index in [0.29, 0.717) is 0 Å². The average molecular weight is 215 g/mol. The summed E-state index contributed by atoms with van der Waals surface area (Å²) in [5.74, 6) is -0.573. The van der Waals surface area contributed by atoms with Crippen molar-refractivity contribution in [3.63, 3.8) is 0 Å². The SMILES string of the molecule is CC(=O)N[C@@](C)(C(C)=O)[C@H](O)C(C)(C)C. The third-order valence-corrected chi connectivity index (χ3v) is 2.53. The Bertz CT molecular complexity index is 267. The van der Waals surface area contributed by atoms with E-state index in [9.17, 15) is 14.7 Å². The Morgan fingerprint density at radius 1 is 1.13 bits per heavy atom. The Morgan fingerprint density at radius 2 is 1.53 bits per heavy atom. The molecule has 15 heavy (non-hydrogen) atoms. The highest BCUT2D eigenvalue weighted by Gasteiger charge is 2.44. The van der Waals surface area contributed by atoms with Gasteiger partial charge in [-0.2, -0.15) is 0 Å². The molecule has 0 radical (unpaired) electrons. The van der Waals surface area contributed by atoms with Gasteiger partial charge in [-0.1, -0.05) is 20.8 Å². The molecule has 88 valence electrons. The quantitative estimate of drug-likeness (QED) is 0.734. The Morgan fingerprint density at radius 3 is 1.73 bits per heavy atom. The number of rotatable bonds is 3. The number of Topliss-reactive ketones (excluding diaryl/α,β-unsaturated/α-hetero) is 1. The van der Waals surface area contributed by atoms with Crippen molar-refractivity contribution in [1.29, 1.82) is 0 Å². The van der Waals surface area contributed by atoms with Crippen LogP contribution in [0.1, 0.15) is 41.5 Å². The fourth-order valence-corrected chi connectivity index (χ4v) is 1.58. The van der Waals surface area contributed by atoms with Gasteiger partial charge in [0.2, 0.25) is 5.91 Å². The molecule has 4 nitrogen and oxygen atoms in total. The lowest BCUT2D eigenvalue weighted by Gasteiger charge is -2.40. The number of carbonyl (C=O) groups is 2. The predicted molar refractivity (Wildman–Crippen MR) is 58.4 cm³/mol. The van der Waals surface area contributed by atoms with Crippen LogP contribution in [0.25, 0.3) is 0 Å². The normalized spacial score (nSPS) is 17.8. The minimum Gasteiger partial charge on any atom is -0.390 e. The molecule has 0 fully saturated rings. The fourth-order valence-electron chi connectivity index (χ4n) is 1.58. The van der Waals surface area contributed by atoms with Gasteiger partial charge in [0.25, 0.3) is 0 Å². The summed E-state index contributed by atoms with van der Waals surface area (Å²) >= 11 is 0. The van der Waals surface area contributed by atoms with Gasteiger partial charge in [0, 0.05) is 6.92 Å². The van der Waals surface area contributed by atoms with Crippen LogP contribution in [-0.4, -0.2) is 28.4 Å². The molecule has 0 aromatic carbocycles. The number of nitrogens with one attached hydrogen (secondary N) is 1. The molecule has 2 atom stereocenters. The van der Waals surface area contributed by atoms with E-state index in [-0.39, 0.29) is 11.7 Å². The van der Waals surface area contributed by atoms with Gasteiger partial charge in [0.15, 0.2) is 5.78 Å². The van der Waals surface area contributed by atoms with E-state index < -0.39 is 17.1 Å². The van der Waals surface area contributed by atoms with Crippen LogP contribution in [0.3, 0.4) is 0 Å². The molecule has 0 rings (SSSR count). The summed E-state index contributed by atoms with van der Waals surface area (Å²) in [6.45, 7) is 9.70. The van der Waals surface area contributed by atoms with Crippen LogP contribution in [0.4, 0.5) is 0 Å². The minimum absolute atomic E-state index is 0.250. The minimum atomic E-state index is -1.22. The van der Waals surface area contributed by atoms with Gasteiger partial charge in [-0.05, 0) is 19.3 Å². The molecular formula is C11H21NO3. The lowest BCUT2D eigenvalue weighted by molar-refractivity contribution is -0.137. The number of hydrogen-bond donors (Lipinski definition) is 2. The van der Waals surface area contributed by atoms with Crippen molar-refractivity contribution in [2.45, 2.75) is 53.2 Å². The third kappa shape index (κ3) is 3.30. The Hall–Kier alpha value is -0.900. The van der Waals surface area contributed by atoms with Crippen molar-refractivity contribution < 1.29 is 14.7 Å². The molecule has 0 saturated heterocycles. The molecule has 0 heterocycles. The first-order valence-electron chi connectivity index (χ1n) is 4.99. The molecule has 0 aliphatic heterocycles. The van der Waals surface area contributed by atoms with E-state index in [0.717, 1.165) is 0 Å². The van der Waals surface area contributed by atoms with Crippen LogP contribution in [0, 0.1) is 5.41 Å². The summed E-state index contributed by atoms with van der Waals surface area (Å²) in [5, 5.41) is 12.6. The van der Waals surface area contributed by atoms with E-state index in [1.165, 1.54) is 13.8 Å². The molecule has 0 unspecified atom stereocenters. The molecule has 0 bridgehead atoms. The molecule has 2 N–H and O–H groups in total. The van der Waals surface area contributed by atoms with Gasteiger partial charge >= 0.3 is 0 Å². The van der Waals surface area contributed by atoms with E-state index in [1.54, 1.807) is 6.92 Å². The number of aliphatic hydroxyl groups excluding tert-OH is 1. The van der Waals surface area contributed by atoms with Crippen LogP contribution in [-0.2, 0) is 9.59 Å². The molecule has 0 aromatic rings. The van der Waals surface area contributed by atoms with E-state index in [2.05, 4.69) is 5.32 Å². The van der Waals surface area contributed by atoms with E-state index in [1.807, 2.05) is 20.8 Å². The summed E-state index contributed by atoms with van der Waals surface area (Å²) in [5.41, 5.74) is -1.69. The number of aliphatic hydroxyl groups is 1. The highest BCUT2D eigenvalue weighted by Crippen LogP contribution is 2.28. The second-order valence-corrected chi connectivity index (χ2v) is 5.21. The Kier molecular flexibility index (Phi) is 4.05. The predicted octanol–water partition coefficient (Wildman–Crippen LogP) is 0.877. The van der Waals surface area contributed by atoms with Gasteiger partial charge in [-0.3, -0.25) is 9.59 Å². The van der Waals surface area contributed by atoms with Gasteiger partial charge in [0.05, 0.1) is 6.10 Å². The van der Waals surface area contributed by atoms with E-state index >= 15 is 0 Å². The topological polar surface area (TPSA) is 66.4 Å². The van der Waals surface area contributed by atoms with Crippen molar-refractivity contribution in [3.05, 3.63) is 0 Å².